The van der Waals surface area contributed by atoms with Crippen LogP contribution in [0.25, 0.3) is 0 Å². The first-order valence-corrected chi connectivity index (χ1v) is 11.5. The Hall–Kier alpha value is -2.71. The number of hydrogen-bond acceptors (Lipinski definition) is 5. The molecule has 31 heavy (non-hydrogen) atoms. The molecule has 1 aliphatic rings. The molecule has 0 bridgehead atoms. The molecule has 0 saturated carbocycles. The molecule has 2 aromatic rings. The van der Waals surface area contributed by atoms with Crippen LogP contribution in [-0.2, 0) is 16.1 Å². The average molecular weight is 444 g/mol. The van der Waals surface area contributed by atoms with Crippen molar-refractivity contribution in [2.75, 3.05) is 19.6 Å². The van der Waals surface area contributed by atoms with Crippen molar-refractivity contribution >= 4 is 29.1 Å². The predicted molar refractivity (Wildman–Crippen MR) is 120 cm³/mol. The fourth-order valence-corrected chi connectivity index (χ4v) is 4.16. The van der Waals surface area contributed by atoms with E-state index in [2.05, 4.69) is 10.6 Å². The molecule has 1 saturated heterocycles. The summed E-state index contributed by atoms with van der Waals surface area (Å²) < 4.78 is 5.69. The summed E-state index contributed by atoms with van der Waals surface area (Å²) in [6, 6.07) is 9.10. The Labute approximate surface area is 186 Å². The number of rotatable bonds is 8. The van der Waals surface area contributed by atoms with Crippen molar-refractivity contribution in [3.63, 3.8) is 0 Å². The number of benzene rings is 1. The standard InChI is InChI=1S/C23H29N3O4S/c1-16-13-26(14-17(2)30-16)23(29)19-7-5-18(6-8-19)12-25-21(27)4-3-10-24-22(28)20-9-11-31-15-20/h5-9,11,15-17H,3-4,10,12-14H2,1-2H3,(H,24,28)(H,25,27). The Bertz CT molecular complexity index is 873. The maximum Gasteiger partial charge on any atom is 0.254 e. The maximum absolute atomic E-state index is 12.7. The second-order valence-corrected chi connectivity index (χ2v) is 8.59. The van der Waals surface area contributed by atoms with Gasteiger partial charge in [0.15, 0.2) is 0 Å². The van der Waals surface area contributed by atoms with Crippen LogP contribution in [-0.4, -0.2) is 54.5 Å². The van der Waals surface area contributed by atoms with Crippen LogP contribution in [0.15, 0.2) is 41.1 Å². The number of carbonyl (C=O) groups is 3. The van der Waals surface area contributed by atoms with E-state index in [4.69, 9.17) is 4.74 Å². The highest BCUT2D eigenvalue weighted by Crippen LogP contribution is 2.15. The van der Waals surface area contributed by atoms with Crippen molar-refractivity contribution in [2.45, 2.75) is 45.4 Å². The molecule has 2 unspecified atom stereocenters. The predicted octanol–water partition coefficient (Wildman–Crippen LogP) is 2.82. The Kier molecular flexibility index (Phi) is 8.20. The van der Waals surface area contributed by atoms with Gasteiger partial charge in [-0.15, -0.1) is 0 Å². The van der Waals surface area contributed by atoms with E-state index in [1.807, 2.05) is 36.3 Å². The molecule has 0 spiro atoms. The first-order chi connectivity index (χ1) is 14.9. The molecule has 1 aliphatic heterocycles. The van der Waals surface area contributed by atoms with Gasteiger partial charge >= 0.3 is 0 Å². The van der Waals surface area contributed by atoms with Gasteiger partial charge < -0.3 is 20.3 Å². The number of morpholine rings is 1. The molecule has 0 radical (unpaired) electrons. The van der Waals surface area contributed by atoms with Gasteiger partial charge in [0, 0.05) is 49.1 Å². The lowest BCUT2D eigenvalue weighted by molar-refractivity contribution is -0.121. The third kappa shape index (κ3) is 6.90. The number of hydrogen-bond donors (Lipinski definition) is 2. The Morgan fingerprint density at radius 2 is 1.74 bits per heavy atom. The quantitative estimate of drug-likeness (QED) is 0.614. The summed E-state index contributed by atoms with van der Waals surface area (Å²) >= 11 is 1.48. The zero-order valence-electron chi connectivity index (χ0n) is 17.9. The highest BCUT2D eigenvalue weighted by Gasteiger charge is 2.26. The summed E-state index contributed by atoms with van der Waals surface area (Å²) in [5.74, 6) is -0.180. The summed E-state index contributed by atoms with van der Waals surface area (Å²) in [7, 11) is 0. The molecule has 1 fully saturated rings. The smallest absolute Gasteiger partial charge is 0.254 e. The molecule has 1 aromatic carbocycles. The number of thiophene rings is 1. The minimum atomic E-state index is -0.114. The van der Waals surface area contributed by atoms with E-state index in [1.54, 1.807) is 23.6 Å². The number of nitrogens with zero attached hydrogens (tertiary/aromatic N) is 1. The zero-order chi connectivity index (χ0) is 22.2. The van der Waals surface area contributed by atoms with Gasteiger partial charge in [0.05, 0.1) is 12.2 Å². The minimum Gasteiger partial charge on any atom is -0.372 e. The molecule has 3 rings (SSSR count). The highest BCUT2D eigenvalue weighted by molar-refractivity contribution is 7.08. The Morgan fingerprint density at radius 1 is 1.03 bits per heavy atom. The maximum atomic E-state index is 12.7. The zero-order valence-corrected chi connectivity index (χ0v) is 18.7. The van der Waals surface area contributed by atoms with Crippen LogP contribution in [0.3, 0.4) is 0 Å². The Balaban J connectivity index is 1.37. The van der Waals surface area contributed by atoms with E-state index in [-0.39, 0.29) is 29.9 Å². The van der Waals surface area contributed by atoms with E-state index in [0.29, 0.717) is 50.1 Å². The molecular formula is C23H29N3O4S. The van der Waals surface area contributed by atoms with Crippen molar-refractivity contribution in [1.29, 1.82) is 0 Å². The van der Waals surface area contributed by atoms with Gasteiger partial charge in [-0.3, -0.25) is 14.4 Å². The van der Waals surface area contributed by atoms with Crippen LogP contribution in [0.2, 0.25) is 0 Å². The van der Waals surface area contributed by atoms with E-state index in [0.717, 1.165) is 5.56 Å². The van der Waals surface area contributed by atoms with Crippen LogP contribution in [0.1, 0.15) is 53.0 Å². The van der Waals surface area contributed by atoms with Crippen LogP contribution in [0.4, 0.5) is 0 Å². The summed E-state index contributed by atoms with van der Waals surface area (Å²) in [6.45, 7) is 5.99. The second kappa shape index (κ2) is 11.1. The van der Waals surface area contributed by atoms with E-state index >= 15 is 0 Å². The third-order valence-electron chi connectivity index (χ3n) is 5.05. The number of nitrogens with one attached hydrogen (secondary N) is 2. The lowest BCUT2D eigenvalue weighted by Gasteiger charge is -2.35. The van der Waals surface area contributed by atoms with Crippen LogP contribution >= 0.6 is 11.3 Å². The summed E-state index contributed by atoms with van der Waals surface area (Å²) in [6.07, 6.45) is 0.983. The highest BCUT2D eigenvalue weighted by atomic mass is 32.1. The van der Waals surface area contributed by atoms with E-state index in [1.165, 1.54) is 11.3 Å². The lowest BCUT2D eigenvalue weighted by atomic mass is 10.1. The van der Waals surface area contributed by atoms with Gasteiger partial charge in [-0.1, -0.05) is 12.1 Å². The first-order valence-electron chi connectivity index (χ1n) is 10.5. The lowest BCUT2D eigenvalue weighted by Crippen LogP contribution is -2.48. The van der Waals surface area contributed by atoms with E-state index < -0.39 is 0 Å². The largest absolute Gasteiger partial charge is 0.372 e. The van der Waals surface area contributed by atoms with Gasteiger partial charge in [-0.2, -0.15) is 11.3 Å². The van der Waals surface area contributed by atoms with Crippen molar-refractivity contribution in [2.24, 2.45) is 0 Å². The fourth-order valence-electron chi connectivity index (χ4n) is 3.53. The van der Waals surface area contributed by atoms with Gasteiger partial charge in [-0.05, 0) is 49.4 Å². The summed E-state index contributed by atoms with van der Waals surface area (Å²) in [5.41, 5.74) is 2.21. The van der Waals surface area contributed by atoms with Crippen molar-refractivity contribution in [1.82, 2.24) is 15.5 Å². The van der Waals surface area contributed by atoms with Crippen molar-refractivity contribution in [3.05, 3.63) is 57.8 Å². The van der Waals surface area contributed by atoms with E-state index in [9.17, 15) is 14.4 Å². The molecule has 7 nitrogen and oxygen atoms in total. The number of carbonyl (C=O) groups excluding carboxylic acids is 3. The van der Waals surface area contributed by atoms with Gasteiger partial charge in [-0.25, -0.2) is 0 Å². The van der Waals surface area contributed by atoms with Crippen molar-refractivity contribution in [3.8, 4) is 0 Å². The molecule has 0 aliphatic carbocycles. The molecular weight excluding hydrogens is 414 g/mol. The van der Waals surface area contributed by atoms with Crippen molar-refractivity contribution < 1.29 is 19.1 Å². The SMILES string of the molecule is CC1CN(C(=O)c2ccc(CNC(=O)CCCNC(=O)c3ccsc3)cc2)CC(C)O1. The topological polar surface area (TPSA) is 87.7 Å². The van der Waals surface area contributed by atoms with Crippen LogP contribution in [0.5, 0.6) is 0 Å². The number of amides is 3. The molecule has 2 heterocycles. The molecule has 166 valence electrons. The average Bonchev–Trinajstić information content (AvgIpc) is 3.29. The molecule has 8 heteroatoms. The molecule has 3 amide bonds. The van der Waals surface area contributed by atoms with Gasteiger partial charge in [0.1, 0.15) is 0 Å². The fraction of sp³-hybridized carbons (Fsp3) is 0.435. The molecule has 2 N–H and O–H groups in total. The van der Waals surface area contributed by atoms with Gasteiger partial charge in [0.2, 0.25) is 5.91 Å². The summed E-state index contributed by atoms with van der Waals surface area (Å²) in [4.78, 5) is 38.4. The molecule has 1 aromatic heterocycles. The number of ether oxygens (including phenoxy) is 1. The normalized spacial score (nSPS) is 18.5. The third-order valence-corrected chi connectivity index (χ3v) is 5.73. The molecule has 2 atom stereocenters. The van der Waals surface area contributed by atoms with Crippen LogP contribution in [0, 0.1) is 0 Å². The van der Waals surface area contributed by atoms with Crippen LogP contribution < -0.4 is 10.6 Å². The Morgan fingerprint density at radius 3 is 2.39 bits per heavy atom. The monoisotopic (exact) mass is 443 g/mol. The summed E-state index contributed by atoms with van der Waals surface area (Å²) in [5, 5.41) is 9.33. The minimum absolute atomic E-state index is 0.00193. The first kappa shape index (κ1) is 23.0. The van der Waals surface area contributed by atoms with Gasteiger partial charge in [0.25, 0.3) is 11.8 Å². The second-order valence-electron chi connectivity index (χ2n) is 7.81.